The molecule has 0 spiro atoms. The Morgan fingerprint density at radius 2 is 1.41 bits per heavy atom. The summed E-state index contributed by atoms with van der Waals surface area (Å²) in [4.78, 5) is 15.4. The van der Waals surface area contributed by atoms with Crippen LogP contribution < -0.4 is 0 Å². The highest BCUT2D eigenvalue weighted by Gasteiger charge is 2.07. The minimum atomic E-state index is 0.0202. The maximum Gasteiger partial charge on any atom is 0.227 e. The molecule has 2 heterocycles. The molecule has 4 nitrogen and oxygen atoms in total. The van der Waals surface area contributed by atoms with Crippen molar-refractivity contribution >= 4 is 34.8 Å². The summed E-state index contributed by atoms with van der Waals surface area (Å²) in [7, 11) is 0. The van der Waals surface area contributed by atoms with Crippen LogP contribution >= 0.6 is 34.8 Å². The van der Waals surface area contributed by atoms with E-state index in [1.807, 2.05) is 13.8 Å². The average molecular weight is 292 g/mol. The minimum absolute atomic E-state index is 0.0202. The van der Waals surface area contributed by atoms with Crippen LogP contribution in [0, 0.1) is 0 Å². The third-order valence-corrected chi connectivity index (χ3v) is 2.07. The SMILES string of the molecule is CC.Clc1cccc(-c2nc(Cl)nc(Cl)n2)n1. The molecule has 2 aromatic heterocycles. The molecule has 0 radical (unpaired) electrons. The van der Waals surface area contributed by atoms with Crippen molar-refractivity contribution in [2.75, 3.05) is 0 Å². The first-order chi connectivity index (χ1) is 8.15. The summed E-state index contributed by atoms with van der Waals surface area (Å²) in [6.07, 6.45) is 0. The first kappa shape index (κ1) is 14.1. The van der Waals surface area contributed by atoms with Gasteiger partial charge in [0.2, 0.25) is 10.6 Å². The van der Waals surface area contributed by atoms with Gasteiger partial charge in [0.25, 0.3) is 0 Å². The van der Waals surface area contributed by atoms with Gasteiger partial charge in [-0.05, 0) is 35.3 Å². The van der Waals surface area contributed by atoms with Gasteiger partial charge in [0, 0.05) is 0 Å². The van der Waals surface area contributed by atoms with Gasteiger partial charge in [-0.15, -0.1) is 0 Å². The van der Waals surface area contributed by atoms with Crippen LogP contribution in [-0.4, -0.2) is 19.9 Å². The fourth-order valence-corrected chi connectivity index (χ4v) is 1.50. The van der Waals surface area contributed by atoms with Crippen molar-refractivity contribution in [1.82, 2.24) is 19.9 Å². The summed E-state index contributed by atoms with van der Waals surface area (Å²) >= 11 is 17.0. The van der Waals surface area contributed by atoms with Crippen LogP contribution in [0.4, 0.5) is 0 Å². The lowest BCUT2D eigenvalue weighted by Crippen LogP contribution is -1.95. The zero-order valence-electron chi connectivity index (χ0n) is 9.15. The second kappa shape index (κ2) is 6.69. The van der Waals surface area contributed by atoms with Crippen LogP contribution in [-0.2, 0) is 0 Å². The highest BCUT2D eigenvalue weighted by atomic mass is 35.5. The highest BCUT2D eigenvalue weighted by Crippen LogP contribution is 2.17. The number of nitrogens with zero attached hydrogens (tertiary/aromatic N) is 4. The number of aromatic nitrogens is 4. The summed E-state index contributed by atoms with van der Waals surface area (Å²) in [5, 5.41) is 0.388. The van der Waals surface area contributed by atoms with Crippen molar-refractivity contribution in [1.29, 1.82) is 0 Å². The molecule has 0 aliphatic rings. The van der Waals surface area contributed by atoms with Crippen LogP contribution in [0.3, 0.4) is 0 Å². The maximum absolute atomic E-state index is 5.73. The van der Waals surface area contributed by atoms with E-state index in [0.717, 1.165) is 0 Å². The van der Waals surface area contributed by atoms with Crippen molar-refractivity contribution in [3.63, 3.8) is 0 Å². The van der Waals surface area contributed by atoms with E-state index in [-0.39, 0.29) is 10.6 Å². The summed E-state index contributed by atoms with van der Waals surface area (Å²) in [6, 6.07) is 5.08. The van der Waals surface area contributed by atoms with Gasteiger partial charge < -0.3 is 0 Å². The number of rotatable bonds is 1. The smallest absolute Gasteiger partial charge is 0.227 e. The molecule has 2 aromatic rings. The highest BCUT2D eigenvalue weighted by molar-refractivity contribution is 6.31. The number of pyridine rings is 1. The van der Waals surface area contributed by atoms with Gasteiger partial charge in [-0.25, -0.2) is 4.98 Å². The van der Waals surface area contributed by atoms with Gasteiger partial charge in [-0.1, -0.05) is 31.5 Å². The van der Waals surface area contributed by atoms with Gasteiger partial charge in [-0.3, -0.25) is 0 Å². The lowest BCUT2D eigenvalue weighted by molar-refractivity contribution is 1.04. The average Bonchev–Trinajstić information content (AvgIpc) is 2.30. The van der Waals surface area contributed by atoms with Gasteiger partial charge in [0.05, 0.1) is 0 Å². The summed E-state index contributed by atoms with van der Waals surface area (Å²) in [6.45, 7) is 4.00. The van der Waals surface area contributed by atoms with Crippen molar-refractivity contribution in [3.8, 4) is 11.5 Å². The Labute approximate surface area is 114 Å². The molecule has 0 aliphatic heterocycles. The van der Waals surface area contributed by atoms with Crippen LogP contribution in [0.25, 0.3) is 11.5 Å². The van der Waals surface area contributed by atoms with E-state index in [1.54, 1.807) is 18.2 Å². The van der Waals surface area contributed by atoms with E-state index in [2.05, 4.69) is 19.9 Å². The number of hydrogen-bond donors (Lipinski definition) is 0. The van der Waals surface area contributed by atoms with Gasteiger partial charge >= 0.3 is 0 Å². The van der Waals surface area contributed by atoms with Crippen LogP contribution in [0.2, 0.25) is 15.7 Å². The van der Waals surface area contributed by atoms with Gasteiger partial charge in [0.1, 0.15) is 10.8 Å². The van der Waals surface area contributed by atoms with Crippen LogP contribution in [0.5, 0.6) is 0 Å². The zero-order chi connectivity index (χ0) is 12.8. The third kappa shape index (κ3) is 4.07. The first-order valence-electron chi connectivity index (χ1n) is 4.85. The predicted molar refractivity (Wildman–Crippen MR) is 69.4 cm³/mol. The van der Waals surface area contributed by atoms with E-state index in [1.165, 1.54) is 0 Å². The summed E-state index contributed by atoms with van der Waals surface area (Å²) < 4.78 is 0. The van der Waals surface area contributed by atoms with E-state index in [4.69, 9.17) is 34.8 Å². The molecule has 2 rings (SSSR count). The van der Waals surface area contributed by atoms with E-state index in [0.29, 0.717) is 16.7 Å². The lowest BCUT2D eigenvalue weighted by atomic mass is 10.3. The van der Waals surface area contributed by atoms with E-state index >= 15 is 0 Å². The molecule has 0 atom stereocenters. The normalized spacial score (nSPS) is 9.47. The van der Waals surface area contributed by atoms with Crippen LogP contribution in [0.15, 0.2) is 18.2 Å². The summed E-state index contributed by atoms with van der Waals surface area (Å²) in [5.74, 6) is 0.294. The quantitative estimate of drug-likeness (QED) is 0.747. The molecule has 0 aromatic carbocycles. The van der Waals surface area contributed by atoms with Crippen LogP contribution in [0.1, 0.15) is 13.8 Å². The Hall–Kier alpha value is -0.970. The molecule has 0 fully saturated rings. The van der Waals surface area contributed by atoms with Crippen molar-refractivity contribution < 1.29 is 0 Å². The molecular formula is C10H9Cl3N4. The minimum Gasteiger partial charge on any atom is -0.233 e. The largest absolute Gasteiger partial charge is 0.233 e. The number of halogens is 3. The standard InChI is InChI=1S/C8H3Cl3N4.C2H6/c9-5-3-1-2-4(12-5)6-13-7(10)15-8(11)14-6;1-2/h1-3H;1-2H3. The molecule has 17 heavy (non-hydrogen) atoms. The molecule has 0 amide bonds. The fraction of sp³-hybridized carbons (Fsp3) is 0.200. The molecule has 0 bridgehead atoms. The van der Waals surface area contributed by atoms with Crippen molar-refractivity contribution in [3.05, 3.63) is 33.9 Å². The zero-order valence-corrected chi connectivity index (χ0v) is 11.4. The van der Waals surface area contributed by atoms with Crippen molar-refractivity contribution in [2.24, 2.45) is 0 Å². The van der Waals surface area contributed by atoms with E-state index < -0.39 is 0 Å². The van der Waals surface area contributed by atoms with Crippen molar-refractivity contribution in [2.45, 2.75) is 13.8 Å². The lowest BCUT2D eigenvalue weighted by Gasteiger charge is -1.99. The molecule has 0 aliphatic carbocycles. The molecule has 0 saturated carbocycles. The Morgan fingerprint density at radius 3 is 1.94 bits per heavy atom. The number of hydrogen-bond acceptors (Lipinski definition) is 4. The van der Waals surface area contributed by atoms with Gasteiger partial charge in [0.15, 0.2) is 5.82 Å². The Balaban J connectivity index is 0.000000686. The third-order valence-electron chi connectivity index (χ3n) is 1.53. The second-order valence-electron chi connectivity index (χ2n) is 2.54. The molecule has 0 N–H and O–H groups in total. The molecule has 0 saturated heterocycles. The predicted octanol–water partition coefficient (Wildman–Crippen LogP) is 3.92. The molecular weight excluding hydrogens is 282 g/mol. The Kier molecular flexibility index (Phi) is 5.55. The molecule has 0 unspecified atom stereocenters. The second-order valence-corrected chi connectivity index (χ2v) is 3.61. The first-order valence-corrected chi connectivity index (χ1v) is 5.98. The monoisotopic (exact) mass is 290 g/mol. The Bertz CT molecular complexity index is 484. The fourth-order valence-electron chi connectivity index (χ4n) is 0.973. The molecule has 90 valence electrons. The topological polar surface area (TPSA) is 51.6 Å². The summed E-state index contributed by atoms with van der Waals surface area (Å²) in [5.41, 5.74) is 0.494. The van der Waals surface area contributed by atoms with E-state index in [9.17, 15) is 0 Å². The maximum atomic E-state index is 5.73. The Morgan fingerprint density at radius 1 is 0.824 bits per heavy atom. The van der Waals surface area contributed by atoms with Gasteiger partial charge in [-0.2, -0.15) is 15.0 Å². The molecule has 7 heteroatoms.